The van der Waals surface area contributed by atoms with E-state index in [1.165, 1.54) is 6.42 Å². The molecule has 1 aliphatic rings. The highest BCUT2D eigenvalue weighted by Gasteiger charge is 2.40. The third kappa shape index (κ3) is 1.09. The van der Waals surface area contributed by atoms with Gasteiger partial charge >= 0.3 is 0 Å². The molecule has 60 valence electrons. The predicted octanol–water partition coefficient (Wildman–Crippen LogP) is 3.32. The lowest BCUT2D eigenvalue weighted by atomic mass is 9.81. The fourth-order valence-electron chi connectivity index (χ4n) is 2.41. The Labute approximate surface area is 65.0 Å². The summed E-state index contributed by atoms with van der Waals surface area (Å²) >= 11 is 0. The molecule has 2 unspecified atom stereocenters. The molecule has 0 spiro atoms. The lowest BCUT2D eigenvalue weighted by Crippen LogP contribution is -2.17. The van der Waals surface area contributed by atoms with E-state index in [-0.39, 0.29) is 0 Å². The smallest absolute Gasteiger partial charge is 0.0323 e. The molecule has 0 aliphatic heterocycles. The zero-order chi connectivity index (χ0) is 7.94. The highest BCUT2D eigenvalue weighted by molar-refractivity contribution is 4.90. The number of hydrogen-bond acceptors (Lipinski definition) is 0. The van der Waals surface area contributed by atoms with E-state index in [1.54, 1.807) is 0 Å². The largest absolute Gasteiger partial charge is 0.0622 e. The van der Waals surface area contributed by atoms with Crippen LogP contribution < -0.4 is 0 Å². The van der Waals surface area contributed by atoms with E-state index in [0.717, 1.165) is 17.8 Å². The normalized spacial score (nSPS) is 45.9. The van der Waals surface area contributed by atoms with Crippen LogP contribution in [0.2, 0.25) is 0 Å². The summed E-state index contributed by atoms with van der Waals surface area (Å²) in [6.07, 6.45) is 1.41. The van der Waals surface area contributed by atoms with Crippen LogP contribution in [0.5, 0.6) is 0 Å². The summed E-state index contributed by atoms with van der Waals surface area (Å²) in [5, 5.41) is 0. The molecule has 10 heavy (non-hydrogen) atoms. The highest BCUT2D eigenvalue weighted by atomic mass is 14.5. The first-order valence-electron chi connectivity index (χ1n) is 4.45. The first-order valence-corrected chi connectivity index (χ1v) is 4.45. The minimum absolute atomic E-state index is 0.596. The van der Waals surface area contributed by atoms with Gasteiger partial charge in [0.1, 0.15) is 0 Å². The summed E-state index contributed by atoms with van der Waals surface area (Å²) in [5.41, 5.74) is 0.596. The van der Waals surface area contributed by atoms with E-state index < -0.39 is 0 Å². The average Bonchev–Trinajstić information content (AvgIpc) is 1.95. The van der Waals surface area contributed by atoms with Crippen molar-refractivity contribution in [1.29, 1.82) is 0 Å². The SMILES string of the molecule is CC1CC(C)(C)[C@@H](C)C1C. The van der Waals surface area contributed by atoms with Crippen LogP contribution in [-0.4, -0.2) is 0 Å². The first-order chi connectivity index (χ1) is 4.45. The molecule has 1 aliphatic carbocycles. The van der Waals surface area contributed by atoms with E-state index >= 15 is 0 Å². The molecule has 0 aromatic carbocycles. The summed E-state index contributed by atoms with van der Waals surface area (Å²) in [5.74, 6) is 2.77. The lowest BCUT2D eigenvalue weighted by Gasteiger charge is -2.25. The van der Waals surface area contributed by atoms with Gasteiger partial charge in [-0.3, -0.25) is 0 Å². The Morgan fingerprint density at radius 2 is 1.60 bits per heavy atom. The lowest BCUT2D eigenvalue weighted by molar-refractivity contribution is 0.247. The van der Waals surface area contributed by atoms with Crippen LogP contribution in [0.15, 0.2) is 0 Å². The van der Waals surface area contributed by atoms with Gasteiger partial charge in [-0.15, -0.1) is 0 Å². The zero-order valence-electron chi connectivity index (χ0n) is 7.94. The summed E-state index contributed by atoms with van der Waals surface area (Å²) in [6.45, 7) is 12.0. The quantitative estimate of drug-likeness (QED) is 0.484. The third-order valence-electron chi connectivity index (χ3n) is 3.77. The van der Waals surface area contributed by atoms with E-state index in [9.17, 15) is 0 Å². The predicted molar refractivity (Wildman–Crippen MR) is 45.9 cm³/mol. The van der Waals surface area contributed by atoms with Gasteiger partial charge in [-0.2, -0.15) is 0 Å². The average molecular weight is 140 g/mol. The van der Waals surface area contributed by atoms with Gasteiger partial charge in [0.25, 0.3) is 0 Å². The Morgan fingerprint density at radius 1 is 1.10 bits per heavy atom. The molecule has 1 rings (SSSR count). The van der Waals surface area contributed by atoms with Gasteiger partial charge in [0.15, 0.2) is 0 Å². The van der Waals surface area contributed by atoms with Crippen LogP contribution in [0.4, 0.5) is 0 Å². The zero-order valence-corrected chi connectivity index (χ0v) is 7.94. The molecule has 0 nitrogen and oxygen atoms in total. The molecule has 0 aromatic rings. The van der Waals surface area contributed by atoms with Crippen LogP contribution in [0.3, 0.4) is 0 Å². The first kappa shape index (κ1) is 8.10. The Bertz CT molecular complexity index is 124. The minimum Gasteiger partial charge on any atom is -0.0622 e. The van der Waals surface area contributed by atoms with Crippen LogP contribution in [0, 0.1) is 23.2 Å². The molecular formula is C10H20. The van der Waals surface area contributed by atoms with Crippen molar-refractivity contribution < 1.29 is 0 Å². The number of rotatable bonds is 0. The molecule has 0 N–H and O–H groups in total. The topological polar surface area (TPSA) is 0 Å². The van der Waals surface area contributed by atoms with Crippen molar-refractivity contribution in [2.24, 2.45) is 23.2 Å². The standard InChI is InChI=1S/C10H20/c1-7-6-10(4,5)9(3)8(7)2/h7-9H,6H2,1-5H3/t7?,8?,9-/m0/s1. The van der Waals surface area contributed by atoms with E-state index in [1.807, 2.05) is 0 Å². The van der Waals surface area contributed by atoms with Crippen molar-refractivity contribution in [3.8, 4) is 0 Å². The summed E-state index contributed by atoms with van der Waals surface area (Å²) in [6, 6.07) is 0. The van der Waals surface area contributed by atoms with Crippen molar-refractivity contribution in [1.82, 2.24) is 0 Å². The second kappa shape index (κ2) is 2.25. The molecule has 0 bridgehead atoms. The monoisotopic (exact) mass is 140 g/mol. The maximum Gasteiger partial charge on any atom is -0.0323 e. The van der Waals surface area contributed by atoms with Crippen molar-refractivity contribution in [2.45, 2.75) is 41.0 Å². The van der Waals surface area contributed by atoms with Gasteiger partial charge in [-0.1, -0.05) is 34.6 Å². The molecule has 1 saturated carbocycles. The van der Waals surface area contributed by atoms with Gasteiger partial charge in [0, 0.05) is 0 Å². The fourth-order valence-corrected chi connectivity index (χ4v) is 2.41. The maximum absolute atomic E-state index is 2.40. The molecule has 0 heterocycles. The second-order valence-electron chi connectivity index (χ2n) is 4.82. The van der Waals surface area contributed by atoms with Crippen LogP contribution in [0.25, 0.3) is 0 Å². The molecule has 0 amide bonds. The van der Waals surface area contributed by atoms with Crippen molar-refractivity contribution >= 4 is 0 Å². The molecule has 0 radical (unpaired) electrons. The van der Waals surface area contributed by atoms with E-state index in [0.29, 0.717) is 5.41 Å². The Morgan fingerprint density at radius 3 is 1.70 bits per heavy atom. The molecule has 0 aromatic heterocycles. The summed E-state index contributed by atoms with van der Waals surface area (Å²) in [7, 11) is 0. The van der Waals surface area contributed by atoms with Crippen molar-refractivity contribution in [2.75, 3.05) is 0 Å². The molecule has 0 saturated heterocycles. The third-order valence-corrected chi connectivity index (χ3v) is 3.77. The van der Waals surface area contributed by atoms with Crippen LogP contribution in [-0.2, 0) is 0 Å². The molecular weight excluding hydrogens is 120 g/mol. The Balaban J connectivity index is 2.71. The maximum atomic E-state index is 2.40. The summed E-state index contributed by atoms with van der Waals surface area (Å²) < 4.78 is 0. The van der Waals surface area contributed by atoms with Crippen LogP contribution >= 0.6 is 0 Å². The van der Waals surface area contributed by atoms with Gasteiger partial charge in [0.2, 0.25) is 0 Å². The van der Waals surface area contributed by atoms with Gasteiger partial charge in [-0.05, 0) is 29.6 Å². The Hall–Kier alpha value is 0. The van der Waals surface area contributed by atoms with Crippen molar-refractivity contribution in [3.63, 3.8) is 0 Å². The van der Waals surface area contributed by atoms with Crippen molar-refractivity contribution in [3.05, 3.63) is 0 Å². The van der Waals surface area contributed by atoms with Crippen LogP contribution in [0.1, 0.15) is 41.0 Å². The molecule has 1 fully saturated rings. The molecule has 3 atom stereocenters. The van der Waals surface area contributed by atoms with Gasteiger partial charge < -0.3 is 0 Å². The number of hydrogen-bond donors (Lipinski definition) is 0. The minimum atomic E-state index is 0.596. The highest BCUT2D eigenvalue weighted by Crippen LogP contribution is 2.48. The molecule has 0 heteroatoms. The van der Waals surface area contributed by atoms with E-state index in [4.69, 9.17) is 0 Å². The summed E-state index contributed by atoms with van der Waals surface area (Å²) in [4.78, 5) is 0. The second-order valence-corrected chi connectivity index (χ2v) is 4.82. The van der Waals surface area contributed by atoms with Gasteiger partial charge in [0.05, 0.1) is 0 Å². The fraction of sp³-hybridized carbons (Fsp3) is 1.00. The van der Waals surface area contributed by atoms with Gasteiger partial charge in [-0.25, -0.2) is 0 Å². The van der Waals surface area contributed by atoms with E-state index in [2.05, 4.69) is 34.6 Å². The Kier molecular flexibility index (Phi) is 1.82.